The molecule has 22 heavy (non-hydrogen) atoms. The average molecular weight is 296 g/mol. The van der Waals surface area contributed by atoms with Crippen molar-refractivity contribution in [3.05, 3.63) is 65.7 Å². The Labute approximate surface area is 132 Å². The number of carbonyl (C=O) groups is 1. The van der Waals surface area contributed by atoms with Gasteiger partial charge in [-0.15, -0.1) is 0 Å². The minimum absolute atomic E-state index is 0.106. The van der Waals surface area contributed by atoms with Crippen LogP contribution < -0.4 is 10.6 Å². The second kappa shape index (κ2) is 7.12. The Balaban J connectivity index is 1.89. The Morgan fingerprint density at radius 1 is 1.00 bits per heavy atom. The van der Waals surface area contributed by atoms with Crippen molar-refractivity contribution in [2.24, 2.45) is 0 Å². The molecule has 0 radical (unpaired) electrons. The summed E-state index contributed by atoms with van der Waals surface area (Å²) in [6, 6.07) is 18.0. The van der Waals surface area contributed by atoms with Crippen LogP contribution >= 0.6 is 0 Å². The zero-order valence-electron chi connectivity index (χ0n) is 13.5. The minimum atomic E-state index is -0.173. The Hall–Kier alpha value is -2.29. The summed E-state index contributed by atoms with van der Waals surface area (Å²) < 4.78 is 0. The van der Waals surface area contributed by atoms with Crippen molar-refractivity contribution >= 4 is 11.7 Å². The van der Waals surface area contributed by atoms with E-state index in [-0.39, 0.29) is 11.4 Å². The molecule has 3 heteroatoms. The van der Waals surface area contributed by atoms with Gasteiger partial charge in [-0.2, -0.15) is 0 Å². The lowest BCUT2D eigenvalue weighted by Gasteiger charge is -2.25. The molecule has 0 unspecified atom stereocenters. The normalized spacial score (nSPS) is 11.0. The third kappa shape index (κ3) is 4.35. The summed E-state index contributed by atoms with van der Waals surface area (Å²) >= 11 is 0. The predicted molar refractivity (Wildman–Crippen MR) is 92.3 cm³/mol. The van der Waals surface area contributed by atoms with Crippen molar-refractivity contribution in [3.8, 4) is 0 Å². The number of nitrogens with one attached hydrogen (secondary N) is 2. The van der Waals surface area contributed by atoms with Gasteiger partial charge in [-0.3, -0.25) is 0 Å². The molecule has 0 aromatic heterocycles. The molecule has 2 aromatic rings. The van der Waals surface area contributed by atoms with Crippen LogP contribution in [0.25, 0.3) is 0 Å². The fraction of sp³-hybridized carbons (Fsp3) is 0.316. The fourth-order valence-electron chi connectivity index (χ4n) is 2.29. The number of amides is 2. The van der Waals surface area contributed by atoms with Crippen LogP contribution in [0.1, 0.15) is 31.9 Å². The first-order chi connectivity index (χ1) is 10.5. The third-order valence-electron chi connectivity index (χ3n) is 3.87. The zero-order valence-corrected chi connectivity index (χ0v) is 13.5. The van der Waals surface area contributed by atoms with E-state index in [9.17, 15) is 4.79 Å². The third-order valence-corrected chi connectivity index (χ3v) is 3.87. The van der Waals surface area contributed by atoms with Crippen LogP contribution in [-0.4, -0.2) is 12.6 Å². The molecule has 0 heterocycles. The van der Waals surface area contributed by atoms with Crippen LogP contribution in [0, 0.1) is 0 Å². The van der Waals surface area contributed by atoms with E-state index in [4.69, 9.17) is 0 Å². The molecule has 0 aliphatic rings. The van der Waals surface area contributed by atoms with Crippen LogP contribution in [0.2, 0.25) is 0 Å². The monoisotopic (exact) mass is 296 g/mol. The summed E-state index contributed by atoms with van der Waals surface area (Å²) in [6.45, 7) is 6.94. The van der Waals surface area contributed by atoms with Gasteiger partial charge >= 0.3 is 6.03 Å². The van der Waals surface area contributed by atoms with E-state index in [1.54, 1.807) is 0 Å². The largest absolute Gasteiger partial charge is 0.337 e. The fourth-order valence-corrected chi connectivity index (χ4v) is 2.29. The SMILES string of the molecule is CCc1ccc(NC(=O)NCC(C)(C)c2ccccc2)cc1. The molecule has 0 saturated heterocycles. The molecule has 116 valence electrons. The Kier molecular flexibility index (Phi) is 5.21. The predicted octanol–water partition coefficient (Wildman–Crippen LogP) is 4.35. The van der Waals surface area contributed by atoms with Crippen molar-refractivity contribution in [2.75, 3.05) is 11.9 Å². The molecule has 0 aliphatic carbocycles. The van der Waals surface area contributed by atoms with Gasteiger partial charge in [0.15, 0.2) is 0 Å². The highest BCUT2D eigenvalue weighted by atomic mass is 16.2. The molecule has 0 bridgehead atoms. The quantitative estimate of drug-likeness (QED) is 0.846. The summed E-state index contributed by atoms with van der Waals surface area (Å²) in [4.78, 5) is 12.0. The van der Waals surface area contributed by atoms with E-state index in [1.165, 1.54) is 11.1 Å². The smallest absolute Gasteiger partial charge is 0.319 e. The molecule has 0 aliphatic heterocycles. The number of rotatable bonds is 5. The molecular weight excluding hydrogens is 272 g/mol. The Bertz CT molecular complexity index is 603. The second-order valence-corrected chi connectivity index (χ2v) is 6.11. The number of hydrogen-bond acceptors (Lipinski definition) is 1. The molecule has 0 spiro atoms. The van der Waals surface area contributed by atoms with E-state index in [0.29, 0.717) is 6.54 Å². The van der Waals surface area contributed by atoms with Crippen molar-refractivity contribution in [1.29, 1.82) is 0 Å². The van der Waals surface area contributed by atoms with E-state index in [1.807, 2.05) is 42.5 Å². The Morgan fingerprint density at radius 2 is 1.64 bits per heavy atom. The number of carbonyl (C=O) groups excluding carboxylic acids is 1. The maximum absolute atomic E-state index is 12.0. The van der Waals surface area contributed by atoms with Gasteiger partial charge in [-0.05, 0) is 29.7 Å². The van der Waals surface area contributed by atoms with E-state index < -0.39 is 0 Å². The van der Waals surface area contributed by atoms with Crippen molar-refractivity contribution in [1.82, 2.24) is 5.32 Å². The van der Waals surface area contributed by atoms with Gasteiger partial charge in [-0.1, -0.05) is 63.2 Å². The molecule has 0 fully saturated rings. The molecule has 2 N–H and O–H groups in total. The lowest BCUT2D eigenvalue weighted by Crippen LogP contribution is -2.38. The first-order valence-corrected chi connectivity index (χ1v) is 7.70. The van der Waals surface area contributed by atoms with E-state index in [0.717, 1.165) is 12.1 Å². The summed E-state index contributed by atoms with van der Waals surface area (Å²) in [5, 5.41) is 5.82. The van der Waals surface area contributed by atoms with Gasteiger partial charge in [0, 0.05) is 17.6 Å². The van der Waals surface area contributed by atoms with Gasteiger partial charge < -0.3 is 10.6 Å². The van der Waals surface area contributed by atoms with E-state index >= 15 is 0 Å². The van der Waals surface area contributed by atoms with Gasteiger partial charge in [0.1, 0.15) is 0 Å². The highest BCUT2D eigenvalue weighted by Gasteiger charge is 2.20. The Morgan fingerprint density at radius 3 is 2.23 bits per heavy atom. The molecule has 2 aromatic carbocycles. The van der Waals surface area contributed by atoms with Crippen LogP contribution in [0.15, 0.2) is 54.6 Å². The summed E-state index contributed by atoms with van der Waals surface area (Å²) in [7, 11) is 0. The highest BCUT2D eigenvalue weighted by molar-refractivity contribution is 5.89. The summed E-state index contributed by atoms with van der Waals surface area (Å²) in [5.74, 6) is 0. The second-order valence-electron chi connectivity index (χ2n) is 6.11. The number of anilines is 1. The topological polar surface area (TPSA) is 41.1 Å². The summed E-state index contributed by atoms with van der Waals surface area (Å²) in [5.41, 5.74) is 3.18. The molecule has 0 atom stereocenters. The minimum Gasteiger partial charge on any atom is -0.337 e. The van der Waals surface area contributed by atoms with Crippen molar-refractivity contribution in [2.45, 2.75) is 32.6 Å². The van der Waals surface area contributed by atoms with Gasteiger partial charge in [0.05, 0.1) is 0 Å². The summed E-state index contributed by atoms with van der Waals surface area (Å²) in [6.07, 6.45) is 0.998. The first-order valence-electron chi connectivity index (χ1n) is 7.70. The highest BCUT2D eigenvalue weighted by Crippen LogP contribution is 2.21. The number of urea groups is 1. The standard InChI is InChI=1S/C19H24N2O/c1-4-15-10-12-17(13-11-15)21-18(22)20-14-19(2,3)16-8-6-5-7-9-16/h5-13H,4,14H2,1-3H3,(H2,20,21,22). The zero-order chi connectivity index (χ0) is 16.0. The maximum atomic E-state index is 12.0. The van der Waals surface area contributed by atoms with Crippen molar-refractivity contribution in [3.63, 3.8) is 0 Å². The molecule has 2 amide bonds. The average Bonchev–Trinajstić information content (AvgIpc) is 2.55. The maximum Gasteiger partial charge on any atom is 0.319 e. The number of benzene rings is 2. The van der Waals surface area contributed by atoms with Gasteiger partial charge in [-0.25, -0.2) is 4.79 Å². The molecular formula is C19H24N2O. The van der Waals surface area contributed by atoms with E-state index in [2.05, 4.69) is 43.5 Å². The number of hydrogen-bond donors (Lipinski definition) is 2. The number of aryl methyl sites for hydroxylation is 1. The molecule has 3 nitrogen and oxygen atoms in total. The lowest BCUT2D eigenvalue weighted by molar-refractivity contribution is 0.249. The van der Waals surface area contributed by atoms with Crippen LogP contribution in [0.4, 0.5) is 10.5 Å². The lowest BCUT2D eigenvalue weighted by atomic mass is 9.85. The molecule has 2 rings (SSSR count). The van der Waals surface area contributed by atoms with Gasteiger partial charge in [0.2, 0.25) is 0 Å². The van der Waals surface area contributed by atoms with Gasteiger partial charge in [0.25, 0.3) is 0 Å². The molecule has 0 saturated carbocycles. The van der Waals surface area contributed by atoms with Crippen LogP contribution in [0.3, 0.4) is 0 Å². The van der Waals surface area contributed by atoms with Crippen LogP contribution in [-0.2, 0) is 11.8 Å². The first kappa shape index (κ1) is 16.1. The van der Waals surface area contributed by atoms with Crippen molar-refractivity contribution < 1.29 is 4.79 Å². The van der Waals surface area contributed by atoms with Crippen LogP contribution in [0.5, 0.6) is 0 Å².